The van der Waals surface area contributed by atoms with E-state index in [0.29, 0.717) is 5.56 Å². The zero-order valence-corrected chi connectivity index (χ0v) is 11.6. The van der Waals surface area contributed by atoms with Gasteiger partial charge in [0, 0.05) is 19.9 Å². The fourth-order valence-corrected chi connectivity index (χ4v) is 2.66. The maximum Gasteiger partial charge on any atom is 0.153 e. The smallest absolute Gasteiger partial charge is 0.153 e. The highest BCUT2D eigenvalue weighted by Crippen LogP contribution is 2.34. The second-order valence-electron chi connectivity index (χ2n) is 4.96. The van der Waals surface area contributed by atoms with Crippen molar-refractivity contribution >= 4 is 22.1 Å². The average molecular weight is 275 g/mol. The Morgan fingerprint density at radius 3 is 2.71 bits per heavy atom. The Hall–Kier alpha value is -2.61. The summed E-state index contributed by atoms with van der Waals surface area (Å²) in [6.45, 7) is 1.56. The number of hydrogen-bond acceptors (Lipinski definition) is 2. The van der Waals surface area contributed by atoms with Gasteiger partial charge in [0.05, 0.1) is 0 Å². The maximum absolute atomic E-state index is 7.79. The van der Waals surface area contributed by atoms with Crippen molar-refractivity contribution in [3.05, 3.63) is 66.4 Å². The minimum Gasteiger partial charge on any atom is -0.454 e. The van der Waals surface area contributed by atoms with E-state index in [1.54, 1.807) is 13.1 Å². The molecule has 2 aromatic carbocycles. The van der Waals surface area contributed by atoms with Crippen molar-refractivity contribution in [2.75, 3.05) is 0 Å². The first-order valence-electron chi connectivity index (χ1n) is 7.91. The van der Waals surface area contributed by atoms with Crippen LogP contribution in [0.4, 0.5) is 0 Å². The molecular weight excluding hydrogens is 258 g/mol. The van der Waals surface area contributed by atoms with Gasteiger partial charge in [0.15, 0.2) is 5.58 Å². The molecule has 0 N–H and O–H groups in total. The number of pyridine rings is 1. The Kier molecular flexibility index (Phi) is 2.29. The Morgan fingerprint density at radius 2 is 1.90 bits per heavy atom. The van der Waals surface area contributed by atoms with E-state index < -0.39 is 6.37 Å². The highest BCUT2D eigenvalue weighted by molar-refractivity contribution is 6.07. The molecule has 4 aromatic rings. The second-order valence-corrected chi connectivity index (χ2v) is 4.96. The Bertz CT molecular complexity index is 997. The second kappa shape index (κ2) is 4.74. The van der Waals surface area contributed by atoms with Gasteiger partial charge in [-0.3, -0.25) is 4.98 Å². The van der Waals surface area contributed by atoms with Crippen LogP contribution in [0.3, 0.4) is 0 Å². The maximum atomic E-state index is 7.79. The van der Waals surface area contributed by atoms with Crippen molar-refractivity contribution in [3.63, 3.8) is 0 Å². The van der Waals surface area contributed by atoms with Crippen LogP contribution in [0.2, 0.25) is 0 Å². The number of rotatable bonds is 2. The number of para-hydroxylation sites is 1. The van der Waals surface area contributed by atoms with Gasteiger partial charge < -0.3 is 4.42 Å². The van der Waals surface area contributed by atoms with Crippen LogP contribution in [0.1, 0.15) is 15.2 Å². The summed E-state index contributed by atoms with van der Waals surface area (Å²) in [6.07, 6.45) is 0.427. The molecule has 0 aliphatic rings. The molecule has 0 bridgehead atoms. The molecule has 2 nitrogen and oxygen atoms in total. The zero-order chi connectivity index (χ0) is 16.0. The van der Waals surface area contributed by atoms with E-state index in [1.165, 1.54) is 0 Å². The summed E-state index contributed by atoms with van der Waals surface area (Å²) >= 11 is 0. The van der Waals surface area contributed by atoms with Gasteiger partial charge in [0.1, 0.15) is 11.1 Å². The lowest BCUT2D eigenvalue weighted by Crippen LogP contribution is -1.82. The number of nitrogens with zero attached hydrogens (tertiary/aromatic N) is 1. The number of hydrogen-bond donors (Lipinski definition) is 0. The van der Waals surface area contributed by atoms with Gasteiger partial charge in [-0.1, -0.05) is 43.3 Å². The first kappa shape index (κ1) is 10.2. The van der Waals surface area contributed by atoms with Gasteiger partial charge in [-0.15, -0.1) is 0 Å². The minimum absolute atomic E-state index is 0.666. The molecule has 102 valence electrons. The Morgan fingerprint density at radius 1 is 1.05 bits per heavy atom. The van der Waals surface area contributed by atoms with Gasteiger partial charge in [0.25, 0.3) is 0 Å². The lowest BCUT2D eigenvalue weighted by Gasteiger charge is -2.04. The number of benzene rings is 2. The molecule has 0 aliphatic heterocycles. The summed E-state index contributed by atoms with van der Waals surface area (Å²) in [7, 11) is 0. The van der Waals surface area contributed by atoms with E-state index >= 15 is 0 Å². The van der Waals surface area contributed by atoms with Gasteiger partial charge in [-0.2, -0.15) is 0 Å². The van der Waals surface area contributed by atoms with Crippen LogP contribution in [0.5, 0.6) is 0 Å². The molecule has 0 saturated carbocycles. The monoisotopic (exact) mass is 275 g/mol. The first-order chi connectivity index (χ1) is 11.0. The van der Waals surface area contributed by atoms with Crippen LogP contribution in [0, 0.1) is 0 Å². The number of fused-ring (bicyclic) bond motifs is 3. The van der Waals surface area contributed by atoms with Crippen LogP contribution >= 0.6 is 0 Å². The molecule has 0 atom stereocenters. The third-order valence-electron chi connectivity index (χ3n) is 3.74. The topological polar surface area (TPSA) is 26.0 Å². The third-order valence-corrected chi connectivity index (χ3v) is 3.74. The minimum atomic E-state index is -1.34. The number of furan rings is 1. The summed E-state index contributed by atoms with van der Waals surface area (Å²) < 4.78 is 21.6. The molecule has 2 aromatic heterocycles. The van der Waals surface area contributed by atoms with Crippen molar-refractivity contribution in [2.45, 2.75) is 13.3 Å². The third kappa shape index (κ3) is 1.91. The van der Waals surface area contributed by atoms with Crippen LogP contribution < -0.4 is 0 Å². The van der Waals surface area contributed by atoms with E-state index in [1.807, 2.05) is 54.6 Å². The van der Waals surface area contributed by atoms with E-state index in [4.69, 9.17) is 7.16 Å². The molecule has 2 heterocycles. The van der Waals surface area contributed by atoms with E-state index in [2.05, 4.69) is 4.98 Å². The van der Waals surface area contributed by atoms with Gasteiger partial charge in [-0.05, 0) is 35.7 Å². The van der Waals surface area contributed by atoms with Crippen LogP contribution in [-0.4, -0.2) is 4.98 Å². The molecule has 4 rings (SSSR count). The predicted octanol–water partition coefficient (Wildman–Crippen LogP) is 5.21. The summed E-state index contributed by atoms with van der Waals surface area (Å²) in [5, 5.41) is 0.994. The SMILES string of the molecule is [2H]C([2H])(C)c1ccc(-c2cccc3c2oc2cccnc23)cc1. The molecule has 0 fully saturated rings. The van der Waals surface area contributed by atoms with Gasteiger partial charge in [0.2, 0.25) is 0 Å². The largest absolute Gasteiger partial charge is 0.454 e. The van der Waals surface area contributed by atoms with Gasteiger partial charge >= 0.3 is 0 Å². The lowest BCUT2D eigenvalue weighted by molar-refractivity contribution is 0.669. The van der Waals surface area contributed by atoms with Crippen molar-refractivity contribution in [3.8, 4) is 11.1 Å². The molecule has 0 saturated heterocycles. The predicted molar refractivity (Wildman–Crippen MR) is 86.3 cm³/mol. The van der Waals surface area contributed by atoms with Crippen LogP contribution in [0.25, 0.3) is 33.2 Å². The Balaban J connectivity index is 1.92. The molecule has 2 heteroatoms. The van der Waals surface area contributed by atoms with Crippen molar-refractivity contribution < 1.29 is 7.16 Å². The van der Waals surface area contributed by atoms with Crippen molar-refractivity contribution in [2.24, 2.45) is 0 Å². The molecule has 0 aliphatic carbocycles. The number of aromatic nitrogens is 1. The molecule has 0 amide bonds. The van der Waals surface area contributed by atoms with Crippen molar-refractivity contribution in [1.82, 2.24) is 4.98 Å². The molecule has 0 spiro atoms. The van der Waals surface area contributed by atoms with E-state index in [-0.39, 0.29) is 0 Å². The summed E-state index contributed by atoms with van der Waals surface area (Å²) in [5.41, 5.74) is 5.11. The van der Waals surface area contributed by atoms with Gasteiger partial charge in [-0.25, -0.2) is 0 Å². The number of aryl methyl sites for hydroxylation is 1. The zero-order valence-electron chi connectivity index (χ0n) is 13.6. The summed E-state index contributed by atoms with van der Waals surface area (Å²) in [4.78, 5) is 4.41. The highest BCUT2D eigenvalue weighted by Gasteiger charge is 2.12. The summed E-state index contributed by atoms with van der Waals surface area (Å²) in [5.74, 6) is 0. The highest BCUT2D eigenvalue weighted by atomic mass is 16.3. The summed E-state index contributed by atoms with van der Waals surface area (Å²) in [6, 6.07) is 17.3. The normalized spacial score (nSPS) is 13.4. The fraction of sp³-hybridized carbons (Fsp3) is 0.105. The lowest BCUT2D eigenvalue weighted by atomic mass is 10.0. The van der Waals surface area contributed by atoms with Crippen LogP contribution in [0.15, 0.2) is 65.2 Å². The molecule has 21 heavy (non-hydrogen) atoms. The Labute approximate surface area is 125 Å². The molecule has 0 unspecified atom stereocenters. The van der Waals surface area contributed by atoms with E-state index in [0.717, 1.165) is 33.2 Å². The molecule has 0 radical (unpaired) electrons. The van der Waals surface area contributed by atoms with E-state index in [9.17, 15) is 0 Å². The van der Waals surface area contributed by atoms with Crippen molar-refractivity contribution in [1.29, 1.82) is 0 Å². The average Bonchev–Trinajstić information content (AvgIpc) is 2.93. The fourth-order valence-electron chi connectivity index (χ4n) is 2.66. The first-order valence-corrected chi connectivity index (χ1v) is 6.91. The molecular formula is C19H15NO. The van der Waals surface area contributed by atoms with Crippen LogP contribution in [-0.2, 0) is 6.37 Å². The quantitative estimate of drug-likeness (QED) is 0.502. The standard InChI is InChI=1S/C19H15NO/c1-2-13-8-10-14(11-9-13)15-5-3-6-16-18-17(21-19(15)16)7-4-12-20-18/h3-12H,2H2,1H3/i2D2.